The Morgan fingerprint density at radius 3 is 2.50 bits per heavy atom. The molecule has 1 aromatic rings. The van der Waals surface area contributed by atoms with Crippen LogP contribution in [0.15, 0.2) is 24.3 Å². The molecule has 0 aromatic heterocycles. The average molecular weight is 277 g/mol. The highest BCUT2D eigenvalue weighted by Crippen LogP contribution is 2.30. The predicted octanol–water partition coefficient (Wildman–Crippen LogP) is 3.69. The van der Waals surface area contributed by atoms with Gasteiger partial charge in [-0.1, -0.05) is 19.8 Å². The number of nitrogens with one attached hydrogen (secondary N) is 1. The van der Waals surface area contributed by atoms with E-state index in [0.717, 1.165) is 31.0 Å². The van der Waals surface area contributed by atoms with E-state index in [1.165, 1.54) is 25.7 Å². The van der Waals surface area contributed by atoms with Crippen LogP contribution in [-0.2, 0) is 0 Å². The molecule has 0 spiro atoms. The SMILES string of the molecule is CCCOc1ccc(NCC2CCCCC2CO)cc1. The standard InChI is InChI=1S/C17H27NO2/c1-2-11-20-17-9-7-16(8-10-17)18-12-14-5-3-4-6-15(14)13-19/h7-10,14-15,18-19H,2-6,11-13H2,1H3. The fourth-order valence-corrected chi connectivity index (χ4v) is 2.93. The minimum atomic E-state index is 0.330. The highest BCUT2D eigenvalue weighted by Gasteiger charge is 2.23. The second-order valence-corrected chi connectivity index (χ2v) is 5.74. The Morgan fingerprint density at radius 2 is 1.85 bits per heavy atom. The molecule has 1 aromatic carbocycles. The van der Waals surface area contributed by atoms with Gasteiger partial charge in [0.05, 0.1) is 6.61 Å². The van der Waals surface area contributed by atoms with Crippen molar-refractivity contribution in [1.29, 1.82) is 0 Å². The molecule has 0 heterocycles. The molecule has 2 unspecified atom stereocenters. The van der Waals surface area contributed by atoms with E-state index in [4.69, 9.17) is 4.74 Å². The van der Waals surface area contributed by atoms with Gasteiger partial charge in [-0.2, -0.15) is 0 Å². The van der Waals surface area contributed by atoms with Crippen molar-refractivity contribution in [3.63, 3.8) is 0 Å². The number of rotatable bonds is 7. The predicted molar refractivity (Wildman–Crippen MR) is 83.3 cm³/mol. The maximum atomic E-state index is 9.43. The summed E-state index contributed by atoms with van der Waals surface area (Å²) >= 11 is 0. The number of hydrogen-bond acceptors (Lipinski definition) is 3. The Morgan fingerprint density at radius 1 is 1.15 bits per heavy atom. The Bertz CT molecular complexity index is 377. The number of aliphatic hydroxyl groups is 1. The van der Waals surface area contributed by atoms with Crippen LogP contribution in [-0.4, -0.2) is 24.9 Å². The molecule has 1 aliphatic carbocycles. The van der Waals surface area contributed by atoms with Gasteiger partial charge in [0.15, 0.2) is 0 Å². The summed E-state index contributed by atoms with van der Waals surface area (Å²) in [5, 5.41) is 12.9. The van der Waals surface area contributed by atoms with Gasteiger partial charge in [-0.05, 0) is 55.4 Å². The minimum Gasteiger partial charge on any atom is -0.494 e. The van der Waals surface area contributed by atoms with Crippen molar-refractivity contribution in [2.24, 2.45) is 11.8 Å². The van der Waals surface area contributed by atoms with Gasteiger partial charge in [-0.25, -0.2) is 0 Å². The largest absolute Gasteiger partial charge is 0.494 e. The van der Waals surface area contributed by atoms with Crippen molar-refractivity contribution in [2.75, 3.05) is 25.1 Å². The molecule has 112 valence electrons. The van der Waals surface area contributed by atoms with E-state index in [1.54, 1.807) is 0 Å². The normalized spacial score (nSPS) is 22.5. The van der Waals surface area contributed by atoms with Gasteiger partial charge in [0.25, 0.3) is 0 Å². The number of anilines is 1. The van der Waals surface area contributed by atoms with Crippen LogP contribution < -0.4 is 10.1 Å². The summed E-state index contributed by atoms with van der Waals surface area (Å²) in [6.45, 7) is 4.17. The fraction of sp³-hybridized carbons (Fsp3) is 0.647. The van der Waals surface area contributed by atoms with Crippen molar-refractivity contribution >= 4 is 5.69 Å². The van der Waals surface area contributed by atoms with Gasteiger partial charge >= 0.3 is 0 Å². The summed E-state index contributed by atoms with van der Waals surface area (Å²) in [5.41, 5.74) is 1.14. The highest BCUT2D eigenvalue weighted by atomic mass is 16.5. The minimum absolute atomic E-state index is 0.330. The topological polar surface area (TPSA) is 41.5 Å². The van der Waals surface area contributed by atoms with Gasteiger partial charge < -0.3 is 15.2 Å². The Kier molecular flexibility index (Phi) is 6.19. The van der Waals surface area contributed by atoms with Crippen molar-refractivity contribution < 1.29 is 9.84 Å². The number of ether oxygens (including phenoxy) is 1. The zero-order chi connectivity index (χ0) is 14.2. The first-order valence-corrected chi connectivity index (χ1v) is 7.91. The van der Waals surface area contributed by atoms with Crippen LogP contribution in [0, 0.1) is 11.8 Å². The summed E-state index contributed by atoms with van der Waals surface area (Å²) in [7, 11) is 0. The first-order chi connectivity index (χ1) is 9.83. The summed E-state index contributed by atoms with van der Waals surface area (Å²) in [6, 6.07) is 8.17. The molecule has 1 fully saturated rings. The Labute approximate surface area is 122 Å². The van der Waals surface area contributed by atoms with Crippen molar-refractivity contribution in [1.82, 2.24) is 0 Å². The van der Waals surface area contributed by atoms with E-state index in [9.17, 15) is 5.11 Å². The molecular weight excluding hydrogens is 250 g/mol. The molecule has 1 aliphatic rings. The number of hydrogen-bond donors (Lipinski definition) is 2. The fourth-order valence-electron chi connectivity index (χ4n) is 2.93. The highest BCUT2D eigenvalue weighted by molar-refractivity contribution is 5.46. The summed E-state index contributed by atoms with van der Waals surface area (Å²) in [6.07, 6.45) is 6.00. The quantitative estimate of drug-likeness (QED) is 0.798. The molecule has 1 saturated carbocycles. The van der Waals surface area contributed by atoms with Crippen LogP contribution in [0.5, 0.6) is 5.75 Å². The molecule has 2 atom stereocenters. The van der Waals surface area contributed by atoms with Crippen molar-refractivity contribution in [3.8, 4) is 5.75 Å². The lowest BCUT2D eigenvalue weighted by molar-refractivity contribution is 0.141. The van der Waals surface area contributed by atoms with Gasteiger partial charge in [0.2, 0.25) is 0 Å². The Balaban J connectivity index is 1.80. The van der Waals surface area contributed by atoms with Crippen LogP contribution in [0.2, 0.25) is 0 Å². The Hall–Kier alpha value is -1.22. The molecule has 0 aliphatic heterocycles. The van der Waals surface area contributed by atoms with Crippen LogP contribution in [0.4, 0.5) is 5.69 Å². The molecule has 0 radical (unpaired) electrons. The third kappa shape index (κ3) is 4.41. The molecule has 20 heavy (non-hydrogen) atoms. The maximum Gasteiger partial charge on any atom is 0.119 e. The van der Waals surface area contributed by atoms with Gasteiger partial charge in [-0.3, -0.25) is 0 Å². The van der Waals surface area contributed by atoms with Gasteiger partial charge in [0, 0.05) is 18.8 Å². The number of aliphatic hydroxyl groups excluding tert-OH is 1. The van der Waals surface area contributed by atoms with Crippen LogP contribution in [0.25, 0.3) is 0 Å². The lowest BCUT2D eigenvalue weighted by Gasteiger charge is -2.30. The van der Waals surface area contributed by atoms with E-state index < -0.39 is 0 Å². The van der Waals surface area contributed by atoms with Crippen LogP contribution >= 0.6 is 0 Å². The molecule has 3 heteroatoms. The zero-order valence-corrected chi connectivity index (χ0v) is 12.5. The van der Waals surface area contributed by atoms with Crippen molar-refractivity contribution in [3.05, 3.63) is 24.3 Å². The van der Waals surface area contributed by atoms with E-state index >= 15 is 0 Å². The summed E-state index contributed by atoms with van der Waals surface area (Å²) in [5.74, 6) is 2.01. The van der Waals surface area contributed by atoms with E-state index in [-0.39, 0.29) is 0 Å². The lowest BCUT2D eigenvalue weighted by Crippen LogP contribution is -2.28. The third-order valence-electron chi connectivity index (χ3n) is 4.20. The van der Waals surface area contributed by atoms with E-state index in [2.05, 4.69) is 24.4 Å². The molecule has 0 bridgehead atoms. The maximum absolute atomic E-state index is 9.43. The van der Waals surface area contributed by atoms with Crippen molar-refractivity contribution in [2.45, 2.75) is 39.0 Å². The molecular formula is C17H27NO2. The molecule has 3 nitrogen and oxygen atoms in total. The molecule has 0 amide bonds. The molecule has 2 rings (SSSR count). The van der Waals surface area contributed by atoms with E-state index in [0.29, 0.717) is 18.4 Å². The smallest absolute Gasteiger partial charge is 0.119 e. The molecule has 0 saturated heterocycles. The molecule has 2 N–H and O–H groups in total. The first kappa shape index (κ1) is 15.2. The second-order valence-electron chi connectivity index (χ2n) is 5.74. The monoisotopic (exact) mass is 277 g/mol. The second kappa shape index (κ2) is 8.15. The van der Waals surface area contributed by atoms with Crippen LogP contribution in [0.3, 0.4) is 0 Å². The average Bonchev–Trinajstić information content (AvgIpc) is 2.52. The van der Waals surface area contributed by atoms with Gasteiger partial charge in [0.1, 0.15) is 5.75 Å². The van der Waals surface area contributed by atoms with Gasteiger partial charge in [-0.15, -0.1) is 0 Å². The summed E-state index contributed by atoms with van der Waals surface area (Å²) < 4.78 is 5.58. The zero-order valence-electron chi connectivity index (χ0n) is 12.5. The van der Waals surface area contributed by atoms with E-state index in [1.807, 2.05) is 12.1 Å². The number of benzene rings is 1. The lowest BCUT2D eigenvalue weighted by atomic mass is 9.79. The summed E-state index contributed by atoms with van der Waals surface area (Å²) in [4.78, 5) is 0. The first-order valence-electron chi connectivity index (χ1n) is 7.91. The van der Waals surface area contributed by atoms with Crippen LogP contribution in [0.1, 0.15) is 39.0 Å². The third-order valence-corrected chi connectivity index (χ3v) is 4.20.